The van der Waals surface area contributed by atoms with E-state index in [1.807, 2.05) is 54.1 Å². The van der Waals surface area contributed by atoms with Crippen LogP contribution in [0.25, 0.3) is 0 Å². The van der Waals surface area contributed by atoms with E-state index in [0.717, 1.165) is 11.1 Å². The highest BCUT2D eigenvalue weighted by atomic mass is 32.2. The standard InChI is InChI=1S/C25H26N2O4S/c1-2-19-13-27-24-22(31-25(27)26-23(19)28)21(30-15-18-11-7-4-8-12-18)20(32-24)16-29-14-17-9-5-3-6-10-17/h3-13,20-22,24H,2,14-16H2,1H3/t20-,21-,22-,24+/m1/s1. The predicted molar refractivity (Wildman–Crippen MR) is 124 cm³/mol. The lowest BCUT2D eigenvalue weighted by atomic mass is 10.1. The molecule has 0 aliphatic carbocycles. The zero-order valence-electron chi connectivity index (χ0n) is 17.9. The highest BCUT2D eigenvalue weighted by Crippen LogP contribution is 2.50. The lowest BCUT2D eigenvalue weighted by Gasteiger charge is -2.23. The largest absolute Gasteiger partial charge is 0.455 e. The summed E-state index contributed by atoms with van der Waals surface area (Å²) in [7, 11) is 0. The van der Waals surface area contributed by atoms with Gasteiger partial charge >= 0.3 is 6.01 Å². The Balaban J connectivity index is 1.33. The average Bonchev–Trinajstić information content (AvgIpc) is 3.33. The van der Waals surface area contributed by atoms with Crippen LogP contribution in [0.3, 0.4) is 0 Å². The van der Waals surface area contributed by atoms with Gasteiger partial charge in [0.15, 0.2) is 6.10 Å². The molecule has 3 aromatic rings. The van der Waals surface area contributed by atoms with Gasteiger partial charge in [0.25, 0.3) is 5.56 Å². The quantitative estimate of drug-likeness (QED) is 0.517. The number of ether oxygens (including phenoxy) is 3. The van der Waals surface area contributed by atoms with Crippen LogP contribution in [0.4, 0.5) is 0 Å². The molecule has 3 heterocycles. The summed E-state index contributed by atoms with van der Waals surface area (Å²) < 4.78 is 20.6. The molecule has 0 radical (unpaired) electrons. The maximum atomic E-state index is 12.2. The zero-order valence-corrected chi connectivity index (χ0v) is 18.7. The van der Waals surface area contributed by atoms with Gasteiger partial charge in [-0.25, -0.2) is 0 Å². The van der Waals surface area contributed by atoms with Gasteiger partial charge in [-0.3, -0.25) is 9.36 Å². The molecule has 0 bridgehead atoms. The Kier molecular flexibility index (Phi) is 6.30. The van der Waals surface area contributed by atoms with Crippen LogP contribution in [0.2, 0.25) is 0 Å². The monoisotopic (exact) mass is 450 g/mol. The first-order valence-electron chi connectivity index (χ1n) is 10.9. The molecule has 4 atom stereocenters. The van der Waals surface area contributed by atoms with E-state index in [9.17, 15) is 4.79 Å². The van der Waals surface area contributed by atoms with E-state index in [2.05, 4.69) is 29.2 Å². The summed E-state index contributed by atoms with van der Waals surface area (Å²) >= 11 is 1.77. The summed E-state index contributed by atoms with van der Waals surface area (Å²) in [4.78, 5) is 16.4. The van der Waals surface area contributed by atoms with Crippen LogP contribution in [-0.4, -0.2) is 33.6 Å². The third-order valence-electron chi connectivity index (χ3n) is 5.85. The SMILES string of the molecule is CCc1cn2c(nc1=O)O[C@@H]1[C@H](OCc3ccccc3)[C@@H](COCc3ccccc3)S[C@@H]12. The van der Waals surface area contributed by atoms with Crippen molar-refractivity contribution in [2.45, 2.75) is 49.4 Å². The number of fused-ring (bicyclic) bond motifs is 3. The normalized spacial score (nSPS) is 23.5. The molecule has 0 saturated carbocycles. The Morgan fingerprint density at radius 3 is 2.41 bits per heavy atom. The van der Waals surface area contributed by atoms with E-state index in [-0.39, 0.29) is 28.4 Å². The van der Waals surface area contributed by atoms with Gasteiger partial charge < -0.3 is 14.2 Å². The summed E-state index contributed by atoms with van der Waals surface area (Å²) in [5, 5.41) is 0.115. The van der Waals surface area contributed by atoms with Crippen LogP contribution in [0.5, 0.6) is 6.01 Å². The van der Waals surface area contributed by atoms with Crippen LogP contribution in [0, 0.1) is 0 Å². The molecule has 0 amide bonds. The van der Waals surface area contributed by atoms with Crippen molar-refractivity contribution in [3.63, 3.8) is 0 Å². The number of aromatic nitrogens is 2. The number of benzene rings is 2. The van der Waals surface area contributed by atoms with Gasteiger partial charge in [0, 0.05) is 11.8 Å². The van der Waals surface area contributed by atoms with Gasteiger partial charge in [-0.2, -0.15) is 4.98 Å². The molecule has 1 fully saturated rings. The molecular formula is C25H26N2O4S. The van der Waals surface area contributed by atoms with E-state index < -0.39 is 0 Å². The minimum Gasteiger partial charge on any atom is -0.455 e. The maximum absolute atomic E-state index is 12.2. The Morgan fingerprint density at radius 2 is 1.72 bits per heavy atom. The van der Waals surface area contributed by atoms with Crippen LogP contribution in [-0.2, 0) is 29.1 Å². The summed E-state index contributed by atoms with van der Waals surface area (Å²) in [5.41, 5.74) is 2.74. The van der Waals surface area contributed by atoms with Crippen molar-refractivity contribution in [2.24, 2.45) is 0 Å². The van der Waals surface area contributed by atoms with Crippen LogP contribution in [0.1, 0.15) is 29.0 Å². The van der Waals surface area contributed by atoms with E-state index in [4.69, 9.17) is 14.2 Å². The molecule has 0 N–H and O–H groups in total. The van der Waals surface area contributed by atoms with Crippen molar-refractivity contribution >= 4 is 11.8 Å². The minimum atomic E-state index is -0.215. The molecule has 7 heteroatoms. The molecular weight excluding hydrogens is 424 g/mol. The van der Waals surface area contributed by atoms with Gasteiger partial charge in [-0.1, -0.05) is 67.6 Å². The molecule has 166 valence electrons. The molecule has 1 saturated heterocycles. The van der Waals surface area contributed by atoms with Gasteiger partial charge in [0.1, 0.15) is 11.5 Å². The van der Waals surface area contributed by atoms with Gasteiger partial charge in [0.05, 0.1) is 25.1 Å². The number of nitrogens with zero attached hydrogens (tertiary/aromatic N) is 2. The molecule has 6 nitrogen and oxygen atoms in total. The number of aryl methyl sites for hydroxylation is 1. The molecule has 2 aliphatic rings. The van der Waals surface area contributed by atoms with Crippen molar-refractivity contribution in [1.82, 2.24) is 9.55 Å². The first-order chi connectivity index (χ1) is 15.7. The molecule has 1 aromatic heterocycles. The smallest absolute Gasteiger partial charge is 0.301 e. The fraction of sp³-hybridized carbons (Fsp3) is 0.360. The zero-order chi connectivity index (χ0) is 21.9. The number of hydrogen-bond acceptors (Lipinski definition) is 6. The van der Waals surface area contributed by atoms with Gasteiger partial charge in [-0.05, 0) is 17.5 Å². The molecule has 5 rings (SSSR count). The number of rotatable bonds is 8. The first kappa shape index (κ1) is 21.2. The van der Waals surface area contributed by atoms with Gasteiger partial charge in [-0.15, -0.1) is 11.8 Å². The van der Waals surface area contributed by atoms with E-state index in [1.54, 1.807) is 11.8 Å². The van der Waals surface area contributed by atoms with Crippen molar-refractivity contribution < 1.29 is 14.2 Å². The third-order valence-corrected chi connectivity index (χ3v) is 7.38. The first-order valence-corrected chi connectivity index (χ1v) is 11.9. The number of thioether (sulfide) groups is 1. The fourth-order valence-electron chi connectivity index (χ4n) is 4.16. The van der Waals surface area contributed by atoms with E-state index >= 15 is 0 Å². The van der Waals surface area contributed by atoms with Crippen molar-refractivity contribution in [3.05, 3.63) is 93.9 Å². The second kappa shape index (κ2) is 9.48. The predicted octanol–water partition coefficient (Wildman–Crippen LogP) is 3.98. The summed E-state index contributed by atoms with van der Waals surface area (Å²) in [6.07, 6.45) is 2.14. The second-order valence-electron chi connectivity index (χ2n) is 8.02. The average molecular weight is 451 g/mol. The highest BCUT2D eigenvalue weighted by Gasteiger charge is 2.52. The lowest BCUT2D eigenvalue weighted by Crippen LogP contribution is -2.37. The van der Waals surface area contributed by atoms with Crippen molar-refractivity contribution in [1.29, 1.82) is 0 Å². The van der Waals surface area contributed by atoms with Crippen LogP contribution in [0.15, 0.2) is 71.7 Å². The lowest BCUT2D eigenvalue weighted by molar-refractivity contribution is -0.0360. The molecule has 32 heavy (non-hydrogen) atoms. The molecule has 0 unspecified atom stereocenters. The van der Waals surface area contributed by atoms with Crippen molar-refractivity contribution in [2.75, 3.05) is 6.61 Å². The topological polar surface area (TPSA) is 62.6 Å². The summed E-state index contributed by atoms with van der Waals surface area (Å²) in [6, 6.07) is 20.7. The van der Waals surface area contributed by atoms with Gasteiger partial charge in [0.2, 0.25) is 0 Å². The Hall–Kier alpha value is -2.61. The summed E-state index contributed by atoms with van der Waals surface area (Å²) in [5.74, 6) is 0. The Morgan fingerprint density at radius 1 is 1.03 bits per heavy atom. The molecule has 2 aromatic carbocycles. The van der Waals surface area contributed by atoms with Crippen molar-refractivity contribution in [3.8, 4) is 6.01 Å². The minimum absolute atomic E-state index is 0.00880. The molecule has 2 aliphatic heterocycles. The highest BCUT2D eigenvalue weighted by molar-refractivity contribution is 8.00. The maximum Gasteiger partial charge on any atom is 0.301 e. The van der Waals surface area contributed by atoms with E-state index in [0.29, 0.717) is 37.8 Å². The number of hydrogen-bond donors (Lipinski definition) is 0. The molecule has 0 spiro atoms. The third kappa shape index (κ3) is 4.33. The summed E-state index contributed by atoms with van der Waals surface area (Å²) in [6.45, 7) is 3.57. The Bertz CT molecular complexity index is 1110. The van der Waals surface area contributed by atoms with E-state index in [1.165, 1.54) is 0 Å². The van der Waals surface area contributed by atoms with Crippen LogP contribution < -0.4 is 10.3 Å². The Labute approximate surface area is 191 Å². The van der Waals surface area contributed by atoms with Crippen LogP contribution >= 0.6 is 11.8 Å². The second-order valence-corrected chi connectivity index (χ2v) is 9.38. The fourth-order valence-corrected chi connectivity index (χ4v) is 5.72.